The first-order valence-electron chi connectivity index (χ1n) is 9.04. The lowest BCUT2D eigenvalue weighted by atomic mass is 10.1. The van der Waals surface area contributed by atoms with E-state index in [2.05, 4.69) is 62.3 Å². The van der Waals surface area contributed by atoms with Crippen LogP contribution in [0.25, 0.3) is 21.7 Å². The van der Waals surface area contributed by atoms with Crippen LogP contribution in [0.5, 0.6) is 0 Å². The van der Waals surface area contributed by atoms with Crippen molar-refractivity contribution in [1.82, 2.24) is 14.8 Å². The molecule has 1 saturated heterocycles. The summed E-state index contributed by atoms with van der Waals surface area (Å²) in [5.74, 6) is 0. The molecular weight excluding hydrogens is 322 g/mol. The Morgan fingerprint density at radius 2 is 1.62 bits per heavy atom. The first kappa shape index (κ1) is 15.2. The van der Waals surface area contributed by atoms with Crippen molar-refractivity contribution in [3.05, 3.63) is 61.1 Å². The lowest BCUT2D eigenvalue weighted by molar-refractivity contribution is 0.654. The summed E-state index contributed by atoms with van der Waals surface area (Å²) in [6.45, 7) is 4.01. The van der Waals surface area contributed by atoms with Gasteiger partial charge in [0.1, 0.15) is 0 Å². The SMILES string of the molecule is Cn1ncc2ccc(N3CCN(c4cncc5ccccc45)CC3)cc21. The smallest absolute Gasteiger partial charge is 0.0699 e. The van der Waals surface area contributed by atoms with E-state index in [1.54, 1.807) is 0 Å². The van der Waals surface area contributed by atoms with E-state index in [1.807, 2.05) is 30.3 Å². The van der Waals surface area contributed by atoms with Gasteiger partial charge in [0.15, 0.2) is 0 Å². The summed E-state index contributed by atoms with van der Waals surface area (Å²) in [5, 5.41) is 8.02. The van der Waals surface area contributed by atoms with Crippen LogP contribution in [0.3, 0.4) is 0 Å². The standard InChI is InChI=1S/C21H21N5/c1-24-20-12-18(7-6-17(20)14-23-24)25-8-10-26(11-9-25)21-15-22-13-16-4-2-3-5-19(16)21/h2-7,12-15H,8-11H2,1H3. The summed E-state index contributed by atoms with van der Waals surface area (Å²) in [6, 6.07) is 15.1. The molecule has 26 heavy (non-hydrogen) atoms. The van der Waals surface area contributed by atoms with Crippen molar-refractivity contribution in [3.63, 3.8) is 0 Å². The summed E-state index contributed by atoms with van der Waals surface area (Å²) < 4.78 is 1.94. The second-order valence-corrected chi connectivity index (χ2v) is 6.87. The molecule has 2 aromatic heterocycles. The molecule has 5 rings (SSSR count). The van der Waals surface area contributed by atoms with Gasteiger partial charge in [-0.2, -0.15) is 5.10 Å². The van der Waals surface area contributed by atoms with E-state index >= 15 is 0 Å². The zero-order valence-corrected chi connectivity index (χ0v) is 14.8. The quantitative estimate of drug-likeness (QED) is 0.559. The van der Waals surface area contributed by atoms with Gasteiger partial charge in [-0.25, -0.2) is 0 Å². The molecule has 5 heteroatoms. The van der Waals surface area contributed by atoms with E-state index in [9.17, 15) is 0 Å². The van der Waals surface area contributed by atoms with E-state index in [4.69, 9.17) is 0 Å². The Hall–Kier alpha value is -3.08. The Labute approximate surface area is 152 Å². The number of aromatic nitrogens is 3. The second kappa shape index (κ2) is 6.02. The maximum atomic E-state index is 4.44. The van der Waals surface area contributed by atoms with Gasteiger partial charge in [-0.3, -0.25) is 9.67 Å². The van der Waals surface area contributed by atoms with E-state index in [0.29, 0.717) is 0 Å². The van der Waals surface area contributed by atoms with Crippen LogP contribution in [0.1, 0.15) is 0 Å². The number of rotatable bonds is 2. The molecule has 0 bridgehead atoms. The van der Waals surface area contributed by atoms with Crippen LogP contribution < -0.4 is 9.80 Å². The first-order chi connectivity index (χ1) is 12.8. The van der Waals surface area contributed by atoms with Gasteiger partial charge < -0.3 is 9.80 Å². The zero-order valence-electron chi connectivity index (χ0n) is 14.8. The first-order valence-corrected chi connectivity index (χ1v) is 9.04. The molecule has 0 amide bonds. The predicted octanol–water partition coefficient (Wildman–Crippen LogP) is 3.45. The minimum atomic E-state index is 0.999. The number of fused-ring (bicyclic) bond motifs is 2. The number of hydrogen-bond donors (Lipinski definition) is 0. The van der Waals surface area contributed by atoms with E-state index in [1.165, 1.54) is 33.1 Å². The van der Waals surface area contributed by atoms with Crippen molar-refractivity contribution < 1.29 is 0 Å². The van der Waals surface area contributed by atoms with Crippen molar-refractivity contribution in [3.8, 4) is 0 Å². The summed E-state index contributed by atoms with van der Waals surface area (Å²) >= 11 is 0. The van der Waals surface area contributed by atoms with Crippen LogP contribution in [0.4, 0.5) is 11.4 Å². The normalized spacial score (nSPS) is 15.1. The maximum Gasteiger partial charge on any atom is 0.0699 e. The van der Waals surface area contributed by atoms with Gasteiger partial charge in [-0.15, -0.1) is 0 Å². The highest BCUT2D eigenvalue weighted by Gasteiger charge is 2.19. The number of hydrogen-bond acceptors (Lipinski definition) is 4. The molecule has 130 valence electrons. The minimum absolute atomic E-state index is 0.999. The van der Waals surface area contributed by atoms with E-state index in [-0.39, 0.29) is 0 Å². The number of anilines is 2. The monoisotopic (exact) mass is 343 g/mol. The van der Waals surface area contributed by atoms with Crippen molar-refractivity contribution in [2.45, 2.75) is 0 Å². The highest BCUT2D eigenvalue weighted by Crippen LogP contribution is 2.28. The highest BCUT2D eigenvalue weighted by molar-refractivity contribution is 5.93. The second-order valence-electron chi connectivity index (χ2n) is 6.87. The molecular formula is C21H21N5. The summed E-state index contributed by atoms with van der Waals surface area (Å²) in [5.41, 5.74) is 3.70. The van der Waals surface area contributed by atoms with E-state index < -0.39 is 0 Å². The van der Waals surface area contributed by atoms with Crippen LogP contribution in [0.15, 0.2) is 61.1 Å². The van der Waals surface area contributed by atoms with Crippen LogP contribution >= 0.6 is 0 Å². The molecule has 0 spiro atoms. The fraction of sp³-hybridized carbons (Fsp3) is 0.238. The lowest BCUT2D eigenvalue weighted by Crippen LogP contribution is -2.46. The van der Waals surface area contributed by atoms with Crippen LogP contribution in [-0.4, -0.2) is 40.9 Å². The highest BCUT2D eigenvalue weighted by atomic mass is 15.3. The van der Waals surface area contributed by atoms with Crippen LogP contribution in [0, 0.1) is 0 Å². The minimum Gasteiger partial charge on any atom is -0.368 e. The Morgan fingerprint density at radius 1 is 0.808 bits per heavy atom. The molecule has 0 N–H and O–H groups in total. The topological polar surface area (TPSA) is 37.2 Å². The van der Waals surface area contributed by atoms with Gasteiger partial charge in [0.05, 0.1) is 23.6 Å². The molecule has 1 aliphatic rings. The fourth-order valence-electron chi connectivity index (χ4n) is 3.89. The average Bonchev–Trinajstić information content (AvgIpc) is 3.08. The summed E-state index contributed by atoms with van der Waals surface area (Å²) in [6.07, 6.45) is 5.86. The number of piperazine rings is 1. The molecule has 5 nitrogen and oxygen atoms in total. The Balaban J connectivity index is 1.39. The van der Waals surface area contributed by atoms with Gasteiger partial charge in [0, 0.05) is 61.3 Å². The van der Waals surface area contributed by atoms with Crippen molar-refractivity contribution >= 4 is 33.1 Å². The Morgan fingerprint density at radius 3 is 2.50 bits per heavy atom. The summed E-state index contributed by atoms with van der Waals surface area (Å²) in [4.78, 5) is 9.35. The van der Waals surface area contributed by atoms with Gasteiger partial charge in [0.25, 0.3) is 0 Å². The third-order valence-corrected chi connectivity index (χ3v) is 5.37. The molecule has 2 aromatic carbocycles. The maximum absolute atomic E-state index is 4.44. The van der Waals surface area contributed by atoms with Gasteiger partial charge in [0.2, 0.25) is 0 Å². The Bertz CT molecular complexity index is 1070. The largest absolute Gasteiger partial charge is 0.368 e. The third-order valence-electron chi connectivity index (χ3n) is 5.37. The summed E-state index contributed by atoms with van der Waals surface area (Å²) in [7, 11) is 2.00. The molecule has 3 heterocycles. The number of pyridine rings is 1. The molecule has 1 fully saturated rings. The molecule has 0 saturated carbocycles. The predicted molar refractivity (Wildman–Crippen MR) is 107 cm³/mol. The van der Waals surface area contributed by atoms with Crippen LogP contribution in [0.2, 0.25) is 0 Å². The Kier molecular flexibility index (Phi) is 3.52. The molecule has 1 aliphatic heterocycles. The van der Waals surface area contributed by atoms with Crippen molar-refractivity contribution in [2.24, 2.45) is 7.05 Å². The zero-order chi connectivity index (χ0) is 17.5. The van der Waals surface area contributed by atoms with Gasteiger partial charge in [-0.05, 0) is 18.2 Å². The molecule has 0 unspecified atom stereocenters. The van der Waals surface area contributed by atoms with Gasteiger partial charge >= 0.3 is 0 Å². The van der Waals surface area contributed by atoms with Crippen molar-refractivity contribution in [2.75, 3.05) is 36.0 Å². The molecule has 0 atom stereocenters. The number of nitrogens with zero attached hydrogens (tertiary/aromatic N) is 5. The number of aryl methyl sites for hydroxylation is 1. The molecule has 4 aromatic rings. The fourth-order valence-corrected chi connectivity index (χ4v) is 3.89. The number of benzene rings is 2. The third kappa shape index (κ3) is 2.47. The van der Waals surface area contributed by atoms with Crippen molar-refractivity contribution in [1.29, 1.82) is 0 Å². The average molecular weight is 343 g/mol. The lowest BCUT2D eigenvalue weighted by Gasteiger charge is -2.37. The molecule has 0 aliphatic carbocycles. The molecule has 0 radical (unpaired) electrons. The van der Waals surface area contributed by atoms with E-state index in [0.717, 1.165) is 26.2 Å². The van der Waals surface area contributed by atoms with Crippen LogP contribution in [-0.2, 0) is 7.05 Å². The van der Waals surface area contributed by atoms with Gasteiger partial charge in [-0.1, -0.05) is 24.3 Å².